The minimum atomic E-state index is -0.263. The number of ether oxygens (including phenoxy) is 1. The molecule has 39 heavy (non-hydrogen) atoms. The summed E-state index contributed by atoms with van der Waals surface area (Å²) in [5, 5.41) is 6.19. The lowest BCUT2D eigenvalue weighted by molar-refractivity contribution is -0.128. The number of hydrogen-bond donors (Lipinski definition) is 1. The quantitative estimate of drug-likeness (QED) is 0.295. The van der Waals surface area contributed by atoms with Gasteiger partial charge >= 0.3 is 0 Å². The smallest absolute Gasteiger partial charge is 0.279 e. The monoisotopic (exact) mass is 550 g/mol. The molecule has 0 bridgehead atoms. The summed E-state index contributed by atoms with van der Waals surface area (Å²) >= 11 is 1.24. The van der Waals surface area contributed by atoms with E-state index in [0.717, 1.165) is 73.5 Å². The topological polar surface area (TPSA) is 92.6 Å². The van der Waals surface area contributed by atoms with E-state index in [0.29, 0.717) is 29.7 Å². The van der Waals surface area contributed by atoms with E-state index in [9.17, 15) is 9.59 Å². The maximum atomic E-state index is 13.3. The summed E-state index contributed by atoms with van der Waals surface area (Å²) in [6.45, 7) is 2.58. The van der Waals surface area contributed by atoms with Gasteiger partial charge in [0.25, 0.3) is 5.91 Å². The van der Waals surface area contributed by atoms with Crippen LogP contribution in [-0.4, -0.2) is 78.1 Å². The average molecular weight is 551 g/mol. The Morgan fingerprint density at radius 1 is 1.13 bits per heavy atom. The van der Waals surface area contributed by atoms with Crippen molar-refractivity contribution < 1.29 is 14.3 Å². The molecule has 3 heterocycles. The van der Waals surface area contributed by atoms with Crippen LogP contribution in [0.5, 0.6) is 0 Å². The van der Waals surface area contributed by atoms with E-state index in [1.54, 1.807) is 26.1 Å². The van der Waals surface area contributed by atoms with Crippen molar-refractivity contribution in [2.24, 2.45) is 5.92 Å². The average Bonchev–Trinajstić information content (AvgIpc) is 3.29. The van der Waals surface area contributed by atoms with Crippen molar-refractivity contribution in [1.29, 1.82) is 0 Å². The van der Waals surface area contributed by atoms with Crippen molar-refractivity contribution in [2.45, 2.75) is 44.4 Å². The van der Waals surface area contributed by atoms with Gasteiger partial charge in [0.15, 0.2) is 5.65 Å². The van der Waals surface area contributed by atoms with Gasteiger partial charge in [-0.25, -0.2) is 9.67 Å². The highest BCUT2D eigenvalue weighted by molar-refractivity contribution is 7.97. The summed E-state index contributed by atoms with van der Waals surface area (Å²) in [7, 11) is 5.23. The summed E-state index contributed by atoms with van der Waals surface area (Å²) in [4.78, 5) is 34.1. The maximum absolute atomic E-state index is 13.3. The number of nitrogens with one attached hydrogen (secondary N) is 1. The van der Waals surface area contributed by atoms with E-state index in [1.165, 1.54) is 18.4 Å². The van der Waals surface area contributed by atoms with Gasteiger partial charge in [-0.1, -0.05) is 24.6 Å². The van der Waals surface area contributed by atoms with Crippen LogP contribution >= 0.6 is 11.9 Å². The van der Waals surface area contributed by atoms with Crippen molar-refractivity contribution in [3.05, 3.63) is 47.8 Å². The molecule has 208 valence electrons. The van der Waals surface area contributed by atoms with Gasteiger partial charge in [-0.3, -0.25) is 14.3 Å². The first-order valence-corrected chi connectivity index (χ1v) is 14.8. The lowest BCUT2D eigenvalue weighted by Crippen LogP contribution is -2.35. The lowest BCUT2D eigenvalue weighted by atomic mass is 9.82. The fourth-order valence-electron chi connectivity index (χ4n) is 5.31. The van der Waals surface area contributed by atoms with Crippen molar-refractivity contribution in [3.8, 4) is 5.69 Å². The van der Waals surface area contributed by atoms with E-state index in [1.807, 2.05) is 41.1 Å². The largest absolute Gasteiger partial charge is 0.384 e. The molecule has 0 radical (unpaired) electrons. The number of carbonyl (C=O) groups is 2. The van der Waals surface area contributed by atoms with Crippen LogP contribution in [0.3, 0.4) is 0 Å². The van der Waals surface area contributed by atoms with Gasteiger partial charge in [0.05, 0.1) is 22.5 Å². The Morgan fingerprint density at radius 3 is 2.51 bits per heavy atom. The number of pyridine rings is 1. The molecular weight excluding hydrogens is 512 g/mol. The number of aromatic nitrogens is 3. The molecule has 1 aliphatic heterocycles. The SMILES string of the molecule is COCC1CCN(c2cc(C(=O)NSCCC(=O)N(C)C)nc3c2c(C2CCC2)nn3-c2ccccc2)CC1. The first-order valence-electron chi connectivity index (χ1n) is 13.8. The lowest BCUT2D eigenvalue weighted by Gasteiger charge is -2.34. The molecule has 9 nitrogen and oxygen atoms in total. The van der Waals surface area contributed by atoms with Crippen molar-refractivity contribution in [3.63, 3.8) is 0 Å². The highest BCUT2D eigenvalue weighted by atomic mass is 32.2. The van der Waals surface area contributed by atoms with Gasteiger partial charge in [0.1, 0.15) is 5.69 Å². The van der Waals surface area contributed by atoms with Gasteiger partial charge in [-0.2, -0.15) is 5.10 Å². The number of benzene rings is 1. The van der Waals surface area contributed by atoms with E-state index < -0.39 is 0 Å². The highest BCUT2D eigenvalue weighted by Crippen LogP contribution is 2.43. The fraction of sp³-hybridized carbons (Fsp3) is 0.517. The molecule has 0 atom stereocenters. The molecule has 10 heteroatoms. The standard InChI is InChI=1S/C29H38N6O3S/c1-33(2)25(36)14-17-39-32-29(37)23-18-24(34-15-12-20(13-16-34)19-38-3)26-27(21-8-7-9-21)31-35(28(26)30-23)22-10-5-4-6-11-22/h4-6,10-11,18,20-21H,7-9,12-17,19H2,1-3H3,(H,32,37). The number of methoxy groups -OCH3 is 1. The van der Waals surface area contributed by atoms with Gasteiger partial charge in [0.2, 0.25) is 5.91 Å². The molecule has 1 aliphatic carbocycles. The number of piperidine rings is 1. The molecule has 1 N–H and O–H groups in total. The minimum Gasteiger partial charge on any atom is -0.384 e. The van der Waals surface area contributed by atoms with Crippen molar-refractivity contribution >= 4 is 40.5 Å². The molecule has 0 unspecified atom stereocenters. The Balaban J connectivity index is 1.52. The highest BCUT2D eigenvalue weighted by Gasteiger charge is 2.31. The van der Waals surface area contributed by atoms with Crippen LogP contribution in [0.15, 0.2) is 36.4 Å². The Bertz CT molecular complexity index is 1300. The number of hydrogen-bond acceptors (Lipinski definition) is 7. The third-order valence-electron chi connectivity index (χ3n) is 7.81. The second kappa shape index (κ2) is 12.4. The summed E-state index contributed by atoms with van der Waals surface area (Å²) < 4.78 is 10.2. The van der Waals surface area contributed by atoms with Crippen LogP contribution in [0.1, 0.15) is 60.6 Å². The molecule has 1 saturated carbocycles. The predicted octanol–water partition coefficient (Wildman–Crippen LogP) is 4.41. The van der Waals surface area contributed by atoms with E-state index in [-0.39, 0.29) is 11.8 Å². The predicted molar refractivity (Wildman–Crippen MR) is 156 cm³/mol. The zero-order valence-electron chi connectivity index (χ0n) is 23.1. The van der Waals surface area contributed by atoms with Crippen LogP contribution in [0, 0.1) is 5.92 Å². The minimum absolute atomic E-state index is 0.0331. The number of nitrogens with zero attached hydrogens (tertiary/aromatic N) is 5. The summed E-state index contributed by atoms with van der Waals surface area (Å²) in [6, 6.07) is 12.0. The molecule has 5 rings (SSSR count). The zero-order valence-corrected chi connectivity index (χ0v) is 23.9. The van der Waals surface area contributed by atoms with Gasteiger partial charge < -0.3 is 14.5 Å². The van der Waals surface area contributed by atoms with Gasteiger partial charge in [-0.05, 0) is 61.7 Å². The summed E-state index contributed by atoms with van der Waals surface area (Å²) in [5.74, 6) is 1.23. The maximum Gasteiger partial charge on any atom is 0.279 e. The molecule has 3 aromatic rings. The Hall–Kier alpha value is -3.11. The zero-order chi connectivity index (χ0) is 27.4. The van der Waals surface area contributed by atoms with E-state index >= 15 is 0 Å². The molecule has 1 aromatic carbocycles. The number of carbonyl (C=O) groups excluding carboxylic acids is 2. The third-order valence-corrected chi connectivity index (χ3v) is 8.55. The number of rotatable bonds is 10. The molecule has 2 fully saturated rings. The van der Waals surface area contributed by atoms with Gasteiger partial charge in [0, 0.05) is 59.0 Å². The van der Waals surface area contributed by atoms with Crippen molar-refractivity contribution in [1.82, 2.24) is 24.4 Å². The fourth-order valence-corrected chi connectivity index (χ4v) is 5.93. The first kappa shape index (κ1) is 27.5. The van der Waals surface area contributed by atoms with Crippen LogP contribution in [0.2, 0.25) is 0 Å². The normalized spacial score (nSPS) is 16.3. The number of fused-ring (bicyclic) bond motifs is 1. The first-order chi connectivity index (χ1) is 19.0. The summed E-state index contributed by atoms with van der Waals surface area (Å²) in [6.07, 6.45) is 5.91. The molecule has 2 aromatic heterocycles. The van der Waals surface area contributed by atoms with Crippen LogP contribution in [-0.2, 0) is 9.53 Å². The molecule has 2 amide bonds. The van der Waals surface area contributed by atoms with E-state index in [2.05, 4.69) is 9.62 Å². The molecule has 2 aliphatic rings. The number of amides is 2. The Kier molecular flexibility index (Phi) is 8.72. The molecule has 0 spiro atoms. The second-order valence-electron chi connectivity index (χ2n) is 10.7. The molecule has 1 saturated heterocycles. The third kappa shape index (κ3) is 6.06. The summed E-state index contributed by atoms with van der Waals surface area (Å²) in [5.41, 5.74) is 4.14. The Labute approximate surface area is 234 Å². The van der Waals surface area contributed by atoms with E-state index in [4.69, 9.17) is 14.8 Å². The number of anilines is 1. The van der Waals surface area contributed by atoms with Gasteiger partial charge in [-0.15, -0.1) is 0 Å². The van der Waals surface area contributed by atoms with Crippen molar-refractivity contribution in [2.75, 3.05) is 51.6 Å². The molecular formula is C29H38N6O3S. The second-order valence-corrected chi connectivity index (χ2v) is 11.6. The Morgan fingerprint density at radius 2 is 1.87 bits per heavy atom. The number of para-hydroxylation sites is 1. The van der Waals surface area contributed by atoms with Crippen LogP contribution < -0.4 is 9.62 Å². The van der Waals surface area contributed by atoms with Crippen LogP contribution in [0.25, 0.3) is 16.7 Å². The van der Waals surface area contributed by atoms with Crippen LogP contribution in [0.4, 0.5) is 5.69 Å².